The van der Waals surface area contributed by atoms with Crippen molar-refractivity contribution < 1.29 is 0 Å². The molecule has 0 fully saturated rings. The van der Waals surface area contributed by atoms with Gasteiger partial charge in [-0.3, -0.25) is 0 Å². The molecule has 14 heavy (non-hydrogen) atoms. The normalized spacial score (nSPS) is 13.4. The molecule has 0 bridgehead atoms. The number of hydrogen-bond donors (Lipinski definition) is 1. The van der Waals surface area contributed by atoms with Crippen LogP contribution < -0.4 is 5.32 Å². The van der Waals surface area contributed by atoms with Crippen LogP contribution >= 0.6 is 23.2 Å². The van der Waals surface area contributed by atoms with Crippen LogP contribution in [0.5, 0.6) is 0 Å². The molecule has 0 aromatic heterocycles. The van der Waals surface area contributed by atoms with E-state index in [9.17, 15) is 0 Å². The van der Waals surface area contributed by atoms with Crippen LogP contribution in [0, 0.1) is 0 Å². The van der Waals surface area contributed by atoms with Crippen molar-refractivity contribution >= 4 is 23.2 Å². The highest BCUT2D eigenvalue weighted by Gasteiger charge is 2.02. The van der Waals surface area contributed by atoms with Crippen LogP contribution in [0.3, 0.4) is 0 Å². The Labute approximate surface area is 94.7 Å². The van der Waals surface area contributed by atoms with Crippen molar-refractivity contribution in [3.05, 3.63) is 46.5 Å². The molecule has 1 N–H and O–H groups in total. The number of rotatable bonds is 4. The predicted octanol–water partition coefficient (Wildman–Crippen LogP) is 3.74. The molecule has 0 aliphatic rings. The van der Waals surface area contributed by atoms with Crippen molar-refractivity contribution in [1.82, 2.24) is 5.32 Å². The lowest BCUT2D eigenvalue weighted by Crippen LogP contribution is -2.18. The first-order chi connectivity index (χ1) is 6.74. The summed E-state index contributed by atoms with van der Waals surface area (Å²) >= 11 is 11.2. The van der Waals surface area contributed by atoms with Gasteiger partial charge in [0.25, 0.3) is 0 Å². The molecule has 3 heteroatoms. The second-order valence-electron chi connectivity index (χ2n) is 3.04. The van der Waals surface area contributed by atoms with Crippen LogP contribution in [0.15, 0.2) is 35.9 Å². The van der Waals surface area contributed by atoms with Crippen molar-refractivity contribution in [1.29, 1.82) is 0 Å². The highest BCUT2D eigenvalue weighted by Crippen LogP contribution is 2.15. The largest absolute Gasteiger partial charge is 0.307 e. The molecule has 0 saturated heterocycles. The van der Waals surface area contributed by atoms with E-state index in [0.29, 0.717) is 6.04 Å². The zero-order valence-electron chi connectivity index (χ0n) is 8.00. The summed E-state index contributed by atoms with van der Waals surface area (Å²) in [5, 5.41) is 4.07. The van der Waals surface area contributed by atoms with Gasteiger partial charge in [0.1, 0.15) is 0 Å². The van der Waals surface area contributed by atoms with E-state index >= 15 is 0 Å². The quantitative estimate of drug-likeness (QED) is 0.830. The van der Waals surface area contributed by atoms with E-state index in [-0.39, 0.29) is 0 Å². The first-order valence-corrected chi connectivity index (χ1v) is 5.29. The van der Waals surface area contributed by atoms with Gasteiger partial charge < -0.3 is 5.32 Å². The molecule has 1 atom stereocenters. The highest BCUT2D eigenvalue weighted by molar-refractivity contribution is 6.30. The zero-order valence-corrected chi connectivity index (χ0v) is 9.52. The fraction of sp³-hybridized carbons (Fsp3) is 0.273. The Morgan fingerprint density at radius 2 is 2.00 bits per heavy atom. The smallest absolute Gasteiger partial charge is 0.0406 e. The summed E-state index contributed by atoms with van der Waals surface area (Å²) in [6.45, 7) is 2.87. The van der Waals surface area contributed by atoms with Gasteiger partial charge in [-0.25, -0.2) is 0 Å². The maximum absolute atomic E-state index is 5.79. The van der Waals surface area contributed by atoms with Gasteiger partial charge in [-0.05, 0) is 24.6 Å². The highest BCUT2D eigenvalue weighted by atomic mass is 35.5. The van der Waals surface area contributed by atoms with E-state index in [0.717, 1.165) is 11.6 Å². The lowest BCUT2D eigenvalue weighted by molar-refractivity contribution is 0.617. The minimum atomic E-state index is 0.306. The second-order valence-corrected chi connectivity index (χ2v) is 3.73. The summed E-state index contributed by atoms with van der Waals surface area (Å²) in [4.78, 5) is 0. The van der Waals surface area contributed by atoms with E-state index < -0.39 is 0 Å². The summed E-state index contributed by atoms with van der Waals surface area (Å²) in [5.41, 5.74) is 2.74. The molecule has 0 radical (unpaired) electrons. The topological polar surface area (TPSA) is 12.0 Å². The van der Waals surface area contributed by atoms with E-state index in [1.807, 2.05) is 30.3 Å². The van der Waals surface area contributed by atoms with E-state index in [1.165, 1.54) is 11.1 Å². The lowest BCUT2D eigenvalue weighted by Gasteiger charge is -2.12. The molecule has 0 aliphatic heterocycles. The van der Waals surface area contributed by atoms with E-state index in [2.05, 4.69) is 12.2 Å². The Morgan fingerprint density at radius 3 is 2.57 bits per heavy atom. The Kier molecular flexibility index (Phi) is 5.02. The molecule has 1 aromatic carbocycles. The van der Waals surface area contributed by atoms with Gasteiger partial charge in [-0.2, -0.15) is 0 Å². The average Bonchev–Trinajstić information content (AvgIpc) is 2.19. The van der Waals surface area contributed by atoms with Gasteiger partial charge in [0.05, 0.1) is 0 Å². The number of halogens is 2. The molecule has 0 unspecified atom stereocenters. The van der Waals surface area contributed by atoms with Crippen LogP contribution in [-0.2, 0) is 0 Å². The summed E-state index contributed by atoms with van der Waals surface area (Å²) in [6, 6.07) is 8.13. The third-order valence-electron chi connectivity index (χ3n) is 2.00. The Bertz CT molecular complexity index is 293. The van der Waals surface area contributed by atoms with Gasteiger partial charge in [0.15, 0.2) is 0 Å². The monoisotopic (exact) mass is 229 g/mol. The Morgan fingerprint density at radius 1 is 1.36 bits per heavy atom. The zero-order chi connectivity index (χ0) is 10.4. The first kappa shape index (κ1) is 11.6. The SMILES string of the molecule is C[C@H](NC/C=C/Cl)c1ccc(Cl)cc1. The van der Waals surface area contributed by atoms with Crippen LogP contribution in [0.25, 0.3) is 0 Å². The summed E-state index contributed by atoms with van der Waals surface area (Å²) in [6.07, 6.45) is 1.87. The van der Waals surface area contributed by atoms with Gasteiger partial charge in [0, 0.05) is 23.1 Å². The third kappa shape index (κ3) is 3.70. The fourth-order valence-electron chi connectivity index (χ4n) is 1.16. The molecular formula is C11H13Cl2N. The van der Waals surface area contributed by atoms with Crippen molar-refractivity contribution in [2.45, 2.75) is 13.0 Å². The van der Waals surface area contributed by atoms with E-state index in [4.69, 9.17) is 23.2 Å². The molecule has 0 saturated carbocycles. The van der Waals surface area contributed by atoms with Gasteiger partial charge in [0.2, 0.25) is 0 Å². The van der Waals surface area contributed by atoms with Crippen LogP contribution in [-0.4, -0.2) is 6.54 Å². The van der Waals surface area contributed by atoms with Crippen molar-refractivity contribution in [3.63, 3.8) is 0 Å². The molecule has 0 aliphatic carbocycles. The number of benzene rings is 1. The third-order valence-corrected chi connectivity index (χ3v) is 2.43. The van der Waals surface area contributed by atoms with Crippen molar-refractivity contribution in [2.75, 3.05) is 6.54 Å². The number of hydrogen-bond acceptors (Lipinski definition) is 1. The predicted molar refractivity (Wildman–Crippen MR) is 62.9 cm³/mol. The van der Waals surface area contributed by atoms with Crippen LogP contribution in [0.2, 0.25) is 5.02 Å². The Hall–Kier alpha value is -0.500. The molecule has 1 aromatic rings. The standard InChI is InChI=1S/C11H13Cl2N/c1-9(14-8-2-7-12)10-3-5-11(13)6-4-10/h2-7,9,14H,8H2,1H3/b7-2+/t9-/m0/s1. The average molecular weight is 230 g/mol. The maximum atomic E-state index is 5.79. The van der Waals surface area contributed by atoms with Gasteiger partial charge in [-0.1, -0.05) is 41.4 Å². The fourth-order valence-corrected chi connectivity index (χ4v) is 1.37. The Balaban J connectivity index is 2.51. The second kappa shape index (κ2) is 6.07. The van der Waals surface area contributed by atoms with Crippen molar-refractivity contribution in [3.8, 4) is 0 Å². The lowest BCUT2D eigenvalue weighted by atomic mass is 10.1. The summed E-state index contributed by atoms with van der Waals surface area (Å²) in [5.74, 6) is 0. The van der Waals surface area contributed by atoms with Gasteiger partial charge >= 0.3 is 0 Å². The molecule has 0 amide bonds. The molecule has 76 valence electrons. The summed E-state index contributed by atoms with van der Waals surface area (Å²) in [7, 11) is 0. The summed E-state index contributed by atoms with van der Waals surface area (Å²) < 4.78 is 0. The molecule has 0 heterocycles. The molecule has 1 rings (SSSR count). The van der Waals surface area contributed by atoms with Crippen LogP contribution in [0.4, 0.5) is 0 Å². The van der Waals surface area contributed by atoms with E-state index in [1.54, 1.807) is 0 Å². The molecular weight excluding hydrogens is 217 g/mol. The number of nitrogens with one attached hydrogen (secondary N) is 1. The minimum absolute atomic E-state index is 0.306. The van der Waals surface area contributed by atoms with Gasteiger partial charge in [-0.15, -0.1) is 0 Å². The van der Waals surface area contributed by atoms with Crippen LogP contribution in [0.1, 0.15) is 18.5 Å². The molecule has 0 spiro atoms. The minimum Gasteiger partial charge on any atom is -0.307 e. The molecule has 1 nitrogen and oxygen atoms in total. The maximum Gasteiger partial charge on any atom is 0.0406 e. The van der Waals surface area contributed by atoms with Crippen molar-refractivity contribution in [2.24, 2.45) is 0 Å². The first-order valence-electron chi connectivity index (χ1n) is 4.48.